The van der Waals surface area contributed by atoms with Gasteiger partial charge >= 0.3 is 0 Å². The topological polar surface area (TPSA) is 23.6 Å². The Morgan fingerprint density at radius 2 is 1.74 bits per heavy atom. The summed E-state index contributed by atoms with van der Waals surface area (Å²) >= 11 is 5.92. The molecule has 0 spiro atoms. The number of hydrogen-bond acceptors (Lipinski definition) is 2. The molecule has 0 radical (unpaired) electrons. The van der Waals surface area contributed by atoms with Crippen LogP contribution in [-0.4, -0.2) is 40.9 Å². The van der Waals surface area contributed by atoms with Gasteiger partial charge in [0.1, 0.15) is 0 Å². The van der Waals surface area contributed by atoms with E-state index in [-0.39, 0.29) is 18.0 Å². The zero-order chi connectivity index (χ0) is 19.0. The summed E-state index contributed by atoms with van der Waals surface area (Å²) in [6, 6.07) is 12.1. The number of amides is 1. The molecule has 2 aliphatic rings. The molecule has 0 aliphatic carbocycles. The SMILES string of the molecule is O=C1C[C@H]2[C@H](CCN2Cc2ccc(F)c(F)c2)N1CCc1ccc(Cl)cc1. The normalized spacial score (nSPS) is 22.5. The van der Waals surface area contributed by atoms with Crippen LogP contribution in [0.1, 0.15) is 24.0 Å². The van der Waals surface area contributed by atoms with Crippen LogP contribution >= 0.6 is 11.6 Å². The number of hydrogen-bond donors (Lipinski definition) is 0. The van der Waals surface area contributed by atoms with E-state index >= 15 is 0 Å². The number of fused-ring (bicyclic) bond motifs is 1. The highest BCUT2D eigenvalue weighted by Gasteiger charge is 2.46. The average molecular weight is 391 g/mol. The third kappa shape index (κ3) is 3.85. The Morgan fingerprint density at radius 3 is 2.48 bits per heavy atom. The lowest BCUT2D eigenvalue weighted by Gasteiger charge is -2.25. The molecule has 6 heteroatoms. The van der Waals surface area contributed by atoms with Crippen molar-refractivity contribution in [2.45, 2.75) is 37.9 Å². The van der Waals surface area contributed by atoms with Gasteiger partial charge in [-0.15, -0.1) is 0 Å². The second-order valence-electron chi connectivity index (χ2n) is 7.31. The molecule has 142 valence electrons. The number of carbonyl (C=O) groups is 1. The highest BCUT2D eigenvalue weighted by atomic mass is 35.5. The molecule has 2 saturated heterocycles. The van der Waals surface area contributed by atoms with Crippen molar-refractivity contribution >= 4 is 17.5 Å². The van der Waals surface area contributed by atoms with Gasteiger partial charge in [-0.25, -0.2) is 8.78 Å². The minimum Gasteiger partial charge on any atom is -0.338 e. The van der Waals surface area contributed by atoms with Gasteiger partial charge in [-0.2, -0.15) is 0 Å². The molecule has 0 aromatic heterocycles. The Hall–Kier alpha value is -1.98. The summed E-state index contributed by atoms with van der Waals surface area (Å²) in [6.45, 7) is 2.09. The maximum absolute atomic E-state index is 13.5. The largest absolute Gasteiger partial charge is 0.338 e. The van der Waals surface area contributed by atoms with Gasteiger partial charge in [0.15, 0.2) is 11.6 Å². The smallest absolute Gasteiger partial charge is 0.224 e. The van der Waals surface area contributed by atoms with Crippen LogP contribution in [0.3, 0.4) is 0 Å². The summed E-state index contributed by atoms with van der Waals surface area (Å²) in [5.74, 6) is -1.48. The van der Waals surface area contributed by atoms with Gasteiger partial charge in [0.05, 0.1) is 0 Å². The Labute approximate surface area is 162 Å². The maximum atomic E-state index is 13.5. The van der Waals surface area contributed by atoms with Gasteiger partial charge in [0, 0.05) is 43.2 Å². The molecule has 27 heavy (non-hydrogen) atoms. The number of nitrogens with zero attached hydrogens (tertiary/aromatic N) is 2. The molecular weight excluding hydrogens is 370 g/mol. The van der Waals surface area contributed by atoms with Crippen molar-refractivity contribution in [1.82, 2.24) is 9.80 Å². The fraction of sp³-hybridized carbons (Fsp3) is 0.381. The zero-order valence-corrected chi connectivity index (χ0v) is 15.6. The van der Waals surface area contributed by atoms with Crippen molar-refractivity contribution in [1.29, 1.82) is 0 Å². The first-order valence-electron chi connectivity index (χ1n) is 9.23. The summed E-state index contributed by atoms with van der Waals surface area (Å²) in [5.41, 5.74) is 1.90. The van der Waals surface area contributed by atoms with Crippen molar-refractivity contribution in [3.8, 4) is 0 Å². The van der Waals surface area contributed by atoms with E-state index in [9.17, 15) is 13.6 Å². The van der Waals surface area contributed by atoms with Crippen LogP contribution in [0.15, 0.2) is 42.5 Å². The van der Waals surface area contributed by atoms with E-state index < -0.39 is 11.6 Å². The number of halogens is 3. The number of carbonyl (C=O) groups excluding carboxylic acids is 1. The molecule has 0 N–H and O–H groups in total. The van der Waals surface area contributed by atoms with Crippen LogP contribution in [-0.2, 0) is 17.8 Å². The van der Waals surface area contributed by atoms with E-state index in [1.807, 2.05) is 29.2 Å². The van der Waals surface area contributed by atoms with Gasteiger partial charge in [-0.3, -0.25) is 9.69 Å². The van der Waals surface area contributed by atoms with Gasteiger partial charge in [-0.1, -0.05) is 29.8 Å². The molecule has 4 rings (SSSR count). The Morgan fingerprint density at radius 1 is 1.00 bits per heavy atom. The average Bonchev–Trinajstić information content (AvgIpc) is 3.17. The van der Waals surface area contributed by atoms with Crippen LogP contribution in [0.25, 0.3) is 0 Å². The van der Waals surface area contributed by atoms with E-state index in [1.54, 1.807) is 6.07 Å². The predicted octanol–water partition coefficient (Wildman–Crippen LogP) is 4.04. The lowest BCUT2D eigenvalue weighted by molar-refractivity contribution is -0.129. The molecule has 2 fully saturated rings. The van der Waals surface area contributed by atoms with E-state index in [0.29, 0.717) is 24.5 Å². The summed E-state index contributed by atoms with van der Waals surface area (Å²) in [6.07, 6.45) is 2.21. The molecule has 2 aromatic carbocycles. The first kappa shape index (κ1) is 18.4. The fourth-order valence-corrected chi connectivity index (χ4v) is 4.40. The first-order valence-corrected chi connectivity index (χ1v) is 9.61. The van der Waals surface area contributed by atoms with Crippen molar-refractivity contribution in [2.75, 3.05) is 13.1 Å². The van der Waals surface area contributed by atoms with Crippen molar-refractivity contribution in [2.24, 2.45) is 0 Å². The fourth-order valence-electron chi connectivity index (χ4n) is 4.27. The van der Waals surface area contributed by atoms with Crippen LogP contribution in [0.2, 0.25) is 5.02 Å². The first-order chi connectivity index (χ1) is 13.0. The summed E-state index contributed by atoms with van der Waals surface area (Å²) in [4.78, 5) is 16.7. The minimum atomic E-state index is -0.831. The van der Waals surface area contributed by atoms with Crippen LogP contribution in [0, 0.1) is 11.6 Å². The highest BCUT2D eigenvalue weighted by Crippen LogP contribution is 2.33. The monoisotopic (exact) mass is 390 g/mol. The van der Waals surface area contributed by atoms with E-state index in [4.69, 9.17) is 11.6 Å². The second kappa shape index (κ2) is 7.56. The Kier molecular flexibility index (Phi) is 5.15. The Bertz CT molecular complexity index is 843. The van der Waals surface area contributed by atoms with Gasteiger partial charge < -0.3 is 4.90 Å². The van der Waals surface area contributed by atoms with Gasteiger partial charge in [0.2, 0.25) is 5.91 Å². The molecule has 0 bridgehead atoms. The molecule has 2 aliphatic heterocycles. The van der Waals surface area contributed by atoms with Crippen LogP contribution < -0.4 is 0 Å². The highest BCUT2D eigenvalue weighted by molar-refractivity contribution is 6.30. The maximum Gasteiger partial charge on any atom is 0.224 e. The van der Waals surface area contributed by atoms with E-state index in [0.717, 1.165) is 36.6 Å². The third-order valence-corrected chi connectivity index (χ3v) is 5.91. The molecule has 1 amide bonds. The zero-order valence-electron chi connectivity index (χ0n) is 14.9. The molecule has 2 aromatic rings. The quantitative estimate of drug-likeness (QED) is 0.769. The minimum absolute atomic E-state index is 0.149. The number of rotatable bonds is 5. The predicted molar refractivity (Wildman–Crippen MR) is 100 cm³/mol. The van der Waals surface area contributed by atoms with Crippen LogP contribution in [0.5, 0.6) is 0 Å². The molecule has 2 atom stereocenters. The Balaban J connectivity index is 1.40. The second-order valence-corrected chi connectivity index (χ2v) is 7.75. The van der Waals surface area contributed by atoms with Crippen LogP contribution in [0.4, 0.5) is 8.78 Å². The van der Waals surface area contributed by atoms with E-state index in [1.165, 1.54) is 6.07 Å². The standard InChI is InChI=1S/C21H21ClF2N2O/c22-16-4-1-14(2-5-16)7-10-26-19-8-9-25(20(19)12-21(26)27)13-15-3-6-17(23)18(24)11-15/h1-6,11,19-20H,7-10,12-13H2/t19-,20-/m0/s1. The molecule has 0 unspecified atom stereocenters. The summed E-state index contributed by atoms with van der Waals surface area (Å²) in [5, 5.41) is 0.708. The number of benzene rings is 2. The van der Waals surface area contributed by atoms with Crippen molar-refractivity contribution in [3.63, 3.8) is 0 Å². The summed E-state index contributed by atoms with van der Waals surface area (Å²) < 4.78 is 26.6. The molecular formula is C21H21ClF2N2O. The number of likely N-dealkylation sites (tertiary alicyclic amines) is 2. The lowest BCUT2D eigenvalue weighted by Crippen LogP contribution is -2.38. The molecule has 3 nitrogen and oxygen atoms in total. The van der Waals surface area contributed by atoms with Gasteiger partial charge in [0.25, 0.3) is 0 Å². The summed E-state index contributed by atoms with van der Waals surface area (Å²) in [7, 11) is 0. The lowest BCUT2D eigenvalue weighted by atomic mass is 10.1. The van der Waals surface area contributed by atoms with Gasteiger partial charge in [-0.05, 0) is 48.2 Å². The van der Waals surface area contributed by atoms with Crippen molar-refractivity contribution in [3.05, 3.63) is 70.2 Å². The molecule has 0 saturated carbocycles. The van der Waals surface area contributed by atoms with E-state index in [2.05, 4.69) is 4.90 Å². The molecule has 2 heterocycles. The van der Waals surface area contributed by atoms with Crippen molar-refractivity contribution < 1.29 is 13.6 Å². The third-order valence-electron chi connectivity index (χ3n) is 5.65.